The van der Waals surface area contributed by atoms with E-state index in [1.54, 1.807) is 30.9 Å². The van der Waals surface area contributed by atoms with E-state index in [-0.39, 0.29) is 11.6 Å². The van der Waals surface area contributed by atoms with Gasteiger partial charge in [-0.15, -0.1) is 0 Å². The van der Waals surface area contributed by atoms with Crippen LogP contribution in [0.5, 0.6) is 0 Å². The van der Waals surface area contributed by atoms with E-state index in [1.165, 1.54) is 16.8 Å². The van der Waals surface area contributed by atoms with Crippen molar-refractivity contribution in [3.05, 3.63) is 35.9 Å². The van der Waals surface area contributed by atoms with E-state index in [2.05, 4.69) is 10.6 Å². The zero-order valence-electron chi connectivity index (χ0n) is 15.9. The molecule has 9 nitrogen and oxygen atoms in total. The van der Waals surface area contributed by atoms with Gasteiger partial charge in [0.1, 0.15) is 11.4 Å². The van der Waals surface area contributed by atoms with Crippen LogP contribution in [0, 0.1) is 0 Å². The third-order valence-electron chi connectivity index (χ3n) is 4.01. The molecule has 2 rings (SSSR count). The van der Waals surface area contributed by atoms with Gasteiger partial charge in [0.2, 0.25) is 5.91 Å². The van der Waals surface area contributed by atoms with Crippen LogP contribution in [0.25, 0.3) is 0 Å². The SMILES string of the molecule is CN(C)CCCC(=O)Nc1cc(C(=O)Nc2cc(C(=O)O)n(C)c2)n(C)c1. The Hall–Kier alpha value is -3.07. The van der Waals surface area contributed by atoms with E-state index < -0.39 is 11.9 Å². The quantitative estimate of drug-likeness (QED) is 0.649. The van der Waals surface area contributed by atoms with Crippen LogP contribution in [0.2, 0.25) is 0 Å². The van der Waals surface area contributed by atoms with Crippen molar-refractivity contribution in [2.45, 2.75) is 12.8 Å². The summed E-state index contributed by atoms with van der Waals surface area (Å²) in [4.78, 5) is 37.5. The topological polar surface area (TPSA) is 109 Å². The monoisotopic (exact) mass is 375 g/mol. The first kappa shape index (κ1) is 20.2. The molecule has 0 fully saturated rings. The summed E-state index contributed by atoms with van der Waals surface area (Å²) in [5, 5.41) is 14.5. The molecule has 0 radical (unpaired) electrons. The number of aromatic carboxylic acids is 1. The van der Waals surface area contributed by atoms with Gasteiger partial charge in [0.25, 0.3) is 5.91 Å². The fourth-order valence-corrected chi connectivity index (χ4v) is 2.68. The molecule has 0 bridgehead atoms. The highest BCUT2D eigenvalue weighted by Gasteiger charge is 2.16. The fourth-order valence-electron chi connectivity index (χ4n) is 2.68. The third-order valence-corrected chi connectivity index (χ3v) is 4.01. The molecule has 0 aliphatic rings. The van der Waals surface area contributed by atoms with Gasteiger partial charge in [-0.05, 0) is 39.2 Å². The lowest BCUT2D eigenvalue weighted by Gasteiger charge is -2.08. The minimum absolute atomic E-state index is 0.0721. The minimum Gasteiger partial charge on any atom is -0.477 e. The van der Waals surface area contributed by atoms with Crippen LogP contribution >= 0.6 is 0 Å². The number of nitrogens with one attached hydrogen (secondary N) is 2. The lowest BCUT2D eigenvalue weighted by atomic mass is 10.3. The predicted molar refractivity (Wildman–Crippen MR) is 102 cm³/mol. The molecule has 27 heavy (non-hydrogen) atoms. The predicted octanol–water partition coefficient (Wildman–Crippen LogP) is 1.59. The summed E-state index contributed by atoms with van der Waals surface area (Å²) >= 11 is 0. The number of nitrogens with zero attached hydrogens (tertiary/aromatic N) is 3. The second kappa shape index (κ2) is 8.54. The molecule has 0 saturated heterocycles. The van der Waals surface area contributed by atoms with Gasteiger partial charge in [0.05, 0.1) is 11.4 Å². The lowest BCUT2D eigenvalue weighted by molar-refractivity contribution is -0.116. The highest BCUT2D eigenvalue weighted by molar-refractivity contribution is 6.05. The Balaban J connectivity index is 2.00. The van der Waals surface area contributed by atoms with Gasteiger partial charge in [-0.3, -0.25) is 9.59 Å². The number of amides is 2. The van der Waals surface area contributed by atoms with Crippen molar-refractivity contribution >= 4 is 29.2 Å². The van der Waals surface area contributed by atoms with Gasteiger partial charge in [0, 0.05) is 32.9 Å². The number of anilines is 2. The van der Waals surface area contributed by atoms with Crippen molar-refractivity contribution in [2.24, 2.45) is 14.1 Å². The van der Waals surface area contributed by atoms with Gasteiger partial charge in [-0.2, -0.15) is 0 Å². The third kappa shape index (κ3) is 5.45. The zero-order valence-corrected chi connectivity index (χ0v) is 15.9. The molecule has 0 spiro atoms. The van der Waals surface area contributed by atoms with Gasteiger partial charge in [-0.25, -0.2) is 4.79 Å². The number of hydrogen-bond donors (Lipinski definition) is 3. The second-order valence-electron chi connectivity index (χ2n) is 6.66. The highest BCUT2D eigenvalue weighted by atomic mass is 16.4. The van der Waals surface area contributed by atoms with Crippen LogP contribution in [-0.2, 0) is 18.9 Å². The molecule has 3 N–H and O–H groups in total. The summed E-state index contributed by atoms with van der Waals surface area (Å²) in [7, 11) is 7.19. The first-order valence-corrected chi connectivity index (χ1v) is 8.49. The Morgan fingerprint density at radius 1 is 1.00 bits per heavy atom. The molecule has 0 aromatic carbocycles. The second-order valence-corrected chi connectivity index (χ2v) is 6.66. The summed E-state index contributed by atoms with van der Waals surface area (Å²) in [6, 6.07) is 2.97. The van der Waals surface area contributed by atoms with Gasteiger partial charge in [0.15, 0.2) is 0 Å². The van der Waals surface area contributed by atoms with Crippen LogP contribution in [0.4, 0.5) is 11.4 Å². The van der Waals surface area contributed by atoms with Crippen LogP contribution in [0.3, 0.4) is 0 Å². The maximum absolute atomic E-state index is 12.5. The highest BCUT2D eigenvalue weighted by Crippen LogP contribution is 2.17. The molecule has 2 heterocycles. The molecule has 9 heteroatoms. The Kier molecular flexibility index (Phi) is 6.40. The largest absolute Gasteiger partial charge is 0.477 e. The summed E-state index contributed by atoms with van der Waals surface area (Å²) in [6.07, 6.45) is 4.33. The molecule has 0 aliphatic carbocycles. The number of carboxylic acids is 1. The molecule has 2 aromatic rings. The standard InChI is InChI=1S/C18H25N5O4/c1-21(2)7-5-6-16(24)19-12-8-14(22(3)10-12)17(25)20-13-9-15(18(26)27)23(4)11-13/h8-11H,5-7H2,1-4H3,(H,19,24)(H,20,25)(H,26,27). The Labute approximate surface area is 157 Å². The smallest absolute Gasteiger partial charge is 0.352 e. The molecule has 0 aliphatic heterocycles. The van der Waals surface area contributed by atoms with E-state index in [1.807, 2.05) is 19.0 Å². The van der Waals surface area contributed by atoms with E-state index in [0.29, 0.717) is 23.5 Å². The van der Waals surface area contributed by atoms with Crippen LogP contribution in [0.15, 0.2) is 24.5 Å². The number of carbonyl (C=O) groups excluding carboxylic acids is 2. The molecule has 2 amide bonds. The molecule has 0 unspecified atom stereocenters. The molecule has 2 aromatic heterocycles. The van der Waals surface area contributed by atoms with Crippen molar-refractivity contribution in [3.8, 4) is 0 Å². The van der Waals surface area contributed by atoms with Crippen molar-refractivity contribution in [1.82, 2.24) is 14.0 Å². The molecule has 0 atom stereocenters. The van der Waals surface area contributed by atoms with Crippen LogP contribution in [-0.4, -0.2) is 57.6 Å². The first-order valence-electron chi connectivity index (χ1n) is 8.49. The van der Waals surface area contributed by atoms with Gasteiger partial charge in [-0.1, -0.05) is 0 Å². The maximum atomic E-state index is 12.5. The van der Waals surface area contributed by atoms with E-state index >= 15 is 0 Å². The lowest BCUT2D eigenvalue weighted by Crippen LogP contribution is -2.17. The Morgan fingerprint density at radius 2 is 1.56 bits per heavy atom. The number of aryl methyl sites for hydroxylation is 2. The summed E-state index contributed by atoms with van der Waals surface area (Å²) in [6.45, 7) is 0.825. The Morgan fingerprint density at radius 3 is 2.11 bits per heavy atom. The number of aromatic nitrogens is 2. The van der Waals surface area contributed by atoms with E-state index in [9.17, 15) is 14.4 Å². The zero-order chi connectivity index (χ0) is 20.1. The van der Waals surface area contributed by atoms with Crippen molar-refractivity contribution in [1.29, 1.82) is 0 Å². The van der Waals surface area contributed by atoms with Gasteiger partial charge >= 0.3 is 5.97 Å². The van der Waals surface area contributed by atoms with Crippen LogP contribution < -0.4 is 10.6 Å². The fraction of sp³-hybridized carbons (Fsp3) is 0.389. The summed E-state index contributed by atoms with van der Waals surface area (Å²) < 4.78 is 3.02. The number of hydrogen-bond acceptors (Lipinski definition) is 4. The maximum Gasteiger partial charge on any atom is 0.352 e. The van der Waals surface area contributed by atoms with Gasteiger partial charge < -0.3 is 29.8 Å². The average Bonchev–Trinajstić information content (AvgIpc) is 3.09. The minimum atomic E-state index is -1.07. The first-order chi connectivity index (χ1) is 12.7. The summed E-state index contributed by atoms with van der Waals surface area (Å²) in [5.41, 5.74) is 1.34. The van der Waals surface area contributed by atoms with E-state index in [0.717, 1.165) is 13.0 Å². The van der Waals surface area contributed by atoms with Crippen molar-refractivity contribution < 1.29 is 19.5 Å². The van der Waals surface area contributed by atoms with Crippen molar-refractivity contribution in [2.75, 3.05) is 31.3 Å². The Bertz CT molecular complexity index is 850. The van der Waals surface area contributed by atoms with Crippen molar-refractivity contribution in [3.63, 3.8) is 0 Å². The molecular weight excluding hydrogens is 350 g/mol. The number of carboxylic acid groups (broad SMARTS) is 1. The molecule has 146 valence electrons. The van der Waals surface area contributed by atoms with E-state index in [4.69, 9.17) is 5.11 Å². The molecular formula is C18H25N5O4. The number of rotatable bonds is 8. The average molecular weight is 375 g/mol. The van der Waals surface area contributed by atoms with Crippen LogP contribution in [0.1, 0.15) is 33.8 Å². The summed E-state index contributed by atoms with van der Waals surface area (Å²) in [5.74, 6) is -1.58. The number of carbonyl (C=O) groups is 3. The normalized spacial score (nSPS) is 10.9. The molecule has 0 saturated carbocycles.